The van der Waals surface area contributed by atoms with Crippen LogP contribution >= 0.6 is 0 Å². The summed E-state index contributed by atoms with van der Waals surface area (Å²) in [5.41, 5.74) is 0.675. The summed E-state index contributed by atoms with van der Waals surface area (Å²) in [5, 5.41) is 3.56. The van der Waals surface area contributed by atoms with Gasteiger partial charge in [0.25, 0.3) is 0 Å². The average molecular weight is 266 g/mol. The molecular formula is C15H23FN2O. The lowest BCUT2D eigenvalue weighted by Gasteiger charge is -2.34. The Hall–Kier alpha value is -1.29. The Morgan fingerprint density at radius 1 is 1.47 bits per heavy atom. The van der Waals surface area contributed by atoms with Gasteiger partial charge in [-0.1, -0.05) is 6.92 Å². The highest BCUT2D eigenvalue weighted by Crippen LogP contribution is 2.28. The monoisotopic (exact) mass is 266 g/mol. The third-order valence-corrected chi connectivity index (χ3v) is 3.97. The molecule has 1 fully saturated rings. The first-order valence-electron chi connectivity index (χ1n) is 6.91. The van der Waals surface area contributed by atoms with E-state index in [0.29, 0.717) is 11.4 Å². The molecule has 1 atom stereocenters. The maximum Gasteiger partial charge on any atom is 0.146 e. The van der Waals surface area contributed by atoms with E-state index in [2.05, 4.69) is 24.1 Å². The van der Waals surface area contributed by atoms with E-state index in [9.17, 15) is 4.39 Å². The SMILES string of the molecule is CCC1(C)CN(c2cc(OC)ccc2F)CCCN1. The van der Waals surface area contributed by atoms with Crippen molar-refractivity contribution in [2.75, 3.05) is 31.6 Å². The van der Waals surface area contributed by atoms with Crippen molar-refractivity contribution in [2.45, 2.75) is 32.2 Å². The first kappa shape index (κ1) is 14.1. The number of hydrogen-bond acceptors (Lipinski definition) is 3. The van der Waals surface area contributed by atoms with E-state index >= 15 is 0 Å². The summed E-state index contributed by atoms with van der Waals surface area (Å²) in [6.45, 7) is 7.02. The van der Waals surface area contributed by atoms with Gasteiger partial charge in [-0.05, 0) is 38.4 Å². The summed E-state index contributed by atoms with van der Waals surface area (Å²) in [4.78, 5) is 2.13. The molecule has 1 aromatic rings. The highest BCUT2D eigenvalue weighted by molar-refractivity contribution is 5.52. The number of rotatable bonds is 3. The molecule has 4 heteroatoms. The van der Waals surface area contributed by atoms with Crippen molar-refractivity contribution in [3.05, 3.63) is 24.0 Å². The molecule has 0 aliphatic carbocycles. The van der Waals surface area contributed by atoms with E-state index in [4.69, 9.17) is 4.74 Å². The Labute approximate surface area is 114 Å². The molecule has 2 rings (SSSR count). The molecule has 1 aliphatic rings. The van der Waals surface area contributed by atoms with E-state index < -0.39 is 0 Å². The van der Waals surface area contributed by atoms with Crippen molar-refractivity contribution in [1.82, 2.24) is 5.32 Å². The summed E-state index contributed by atoms with van der Waals surface area (Å²) < 4.78 is 19.3. The van der Waals surface area contributed by atoms with Gasteiger partial charge >= 0.3 is 0 Å². The molecule has 0 spiro atoms. The first-order chi connectivity index (χ1) is 9.08. The molecule has 0 bridgehead atoms. The molecule has 1 heterocycles. The first-order valence-corrected chi connectivity index (χ1v) is 6.91. The smallest absolute Gasteiger partial charge is 0.146 e. The number of methoxy groups -OCH3 is 1. The second-order valence-electron chi connectivity index (χ2n) is 5.43. The zero-order valence-corrected chi connectivity index (χ0v) is 12.0. The Morgan fingerprint density at radius 2 is 2.26 bits per heavy atom. The number of halogens is 1. The zero-order valence-electron chi connectivity index (χ0n) is 12.0. The maximum absolute atomic E-state index is 14.1. The van der Waals surface area contributed by atoms with Crippen molar-refractivity contribution < 1.29 is 9.13 Å². The number of nitrogens with zero attached hydrogens (tertiary/aromatic N) is 1. The molecule has 1 saturated heterocycles. The van der Waals surface area contributed by atoms with E-state index in [1.165, 1.54) is 6.07 Å². The minimum atomic E-state index is -0.179. The predicted molar refractivity (Wildman–Crippen MR) is 76.5 cm³/mol. The van der Waals surface area contributed by atoms with E-state index in [0.717, 1.165) is 32.5 Å². The number of benzene rings is 1. The fraction of sp³-hybridized carbons (Fsp3) is 0.600. The Balaban J connectivity index is 2.28. The fourth-order valence-corrected chi connectivity index (χ4v) is 2.52. The van der Waals surface area contributed by atoms with Gasteiger partial charge in [-0.25, -0.2) is 4.39 Å². The van der Waals surface area contributed by atoms with Gasteiger partial charge in [-0.3, -0.25) is 0 Å². The molecule has 1 unspecified atom stereocenters. The minimum Gasteiger partial charge on any atom is -0.497 e. The molecule has 1 aliphatic heterocycles. The van der Waals surface area contributed by atoms with E-state index in [1.54, 1.807) is 19.2 Å². The van der Waals surface area contributed by atoms with Crippen LogP contribution in [-0.4, -0.2) is 32.3 Å². The largest absolute Gasteiger partial charge is 0.497 e. The lowest BCUT2D eigenvalue weighted by atomic mass is 9.98. The van der Waals surface area contributed by atoms with Crippen LogP contribution in [0, 0.1) is 5.82 Å². The second-order valence-corrected chi connectivity index (χ2v) is 5.43. The van der Waals surface area contributed by atoms with Gasteiger partial charge < -0.3 is 15.0 Å². The van der Waals surface area contributed by atoms with E-state index in [-0.39, 0.29) is 11.4 Å². The molecule has 0 aromatic heterocycles. The molecule has 106 valence electrons. The van der Waals surface area contributed by atoms with Crippen molar-refractivity contribution in [3.8, 4) is 5.75 Å². The number of anilines is 1. The Bertz CT molecular complexity index is 438. The summed E-state index contributed by atoms with van der Waals surface area (Å²) in [6, 6.07) is 4.93. The van der Waals surface area contributed by atoms with Gasteiger partial charge in [0.1, 0.15) is 11.6 Å². The van der Waals surface area contributed by atoms with E-state index in [1.807, 2.05) is 0 Å². The van der Waals surface area contributed by atoms with Crippen LogP contribution in [-0.2, 0) is 0 Å². The summed E-state index contributed by atoms with van der Waals surface area (Å²) in [6.07, 6.45) is 2.04. The van der Waals surface area contributed by atoms with Crippen LogP contribution in [0.15, 0.2) is 18.2 Å². The molecule has 3 nitrogen and oxygen atoms in total. The maximum atomic E-state index is 14.1. The fourth-order valence-electron chi connectivity index (χ4n) is 2.52. The highest BCUT2D eigenvalue weighted by atomic mass is 19.1. The van der Waals surface area contributed by atoms with Gasteiger partial charge in [0.05, 0.1) is 12.8 Å². The van der Waals surface area contributed by atoms with Crippen LogP contribution in [0.25, 0.3) is 0 Å². The summed E-state index contributed by atoms with van der Waals surface area (Å²) >= 11 is 0. The topological polar surface area (TPSA) is 24.5 Å². The quantitative estimate of drug-likeness (QED) is 0.910. The summed E-state index contributed by atoms with van der Waals surface area (Å²) in [5.74, 6) is 0.521. The van der Waals surface area contributed by atoms with Crippen LogP contribution in [0.1, 0.15) is 26.7 Å². The lowest BCUT2D eigenvalue weighted by molar-refractivity contribution is 0.365. The van der Waals surface area contributed by atoms with Gasteiger partial charge in [0.15, 0.2) is 0 Å². The molecular weight excluding hydrogens is 243 g/mol. The standard InChI is InChI=1S/C15H23FN2O/c1-4-15(2)11-18(9-5-8-17-15)14-10-12(19-3)6-7-13(14)16/h6-7,10,17H,4-5,8-9,11H2,1-3H3. The summed E-state index contributed by atoms with van der Waals surface area (Å²) in [7, 11) is 1.61. The van der Waals surface area contributed by atoms with Crippen LogP contribution < -0.4 is 15.0 Å². The van der Waals surface area contributed by atoms with Crippen molar-refractivity contribution in [3.63, 3.8) is 0 Å². The lowest BCUT2D eigenvalue weighted by Crippen LogP contribution is -2.48. The van der Waals surface area contributed by atoms with Crippen LogP contribution in [0.2, 0.25) is 0 Å². The molecule has 19 heavy (non-hydrogen) atoms. The normalized spacial score (nSPS) is 24.1. The number of ether oxygens (including phenoxy) is 1. The van der Waals surface area contributed by atoms with Crippen LogP contribution in [0.4, 0.5) is 10.1 Å². The van der Waals surface area contributed by atoms with Crippen LogP contribution in [0.5, 0.6) is 5.75 Å². The Morgan fingerprint density at radius 3 is 2.95 bits per heavy atom. The number of hydrogen-bond donors (Lipinski definition) is 1. The average Bonchev–Trinajstić information content (AvgIpc) is 2.62. The van der Waals surface area contributed by atoms with Crippen molar-refractivity contribution in [1.29, 1.82) is 0 Å². The van der Waals surface area contributed by atoms with Gasteiger partial charge in [-0.2, -0.15) is 0 Å². The van der Waals surface area contributed by atoms with Crippen molar-refractivity contribution in [2.24, 2.45) is 0 Å². The van der Waals surface area contributed by atoms with Crippen molar-refractivity contribution >= 4 is 5.69 Å². The number of nitrogens with one attached hydrogen (secondary N) is 1. The minimum absolute atomic E-state index is 0.0337. The van der Waals surface area contributed by atoms with Crippen LogP contribution in [0.3, 0.4) is 0 Å². The third-order valence-electron chi connectivity index (χ3n) is 3.97. The van der Waals surface area contributed by atoms with Gasteiger partial charge in [0, 0.05) is 24.7 Å². The zero-order chi connectivity index (χ0) is 13.9. The van der Waals surface area contributed by atoms with Gasteiger partial charge in [0.2, 0.25) is 0 Å². The molecule has 1 aromatic carbocycles. The van der Waals surface area contributed by atoms with Gasteiger partial charge in [-0.15, -0.1) is 0 Å². The molecule has 1 N–H and O–H groups in total. The highest BCUT2D eigenvalue weighted by Gasteiger charge is 2.28. The molecule has 0 saturated carbocycles. The molecule has 0 radical (unpaired) electrons. The third kappa shape index (κ3) is 3.18. The Kier molecular flexibility index (Phi) is 4.30. The molecule has 0 amide bonds. The predicted octanol–water partition coefficient (Wildman–Crippen LogP) is 2.80. The second kappa shape index (κ2) is 5.78.